The predicted octanol–water partition coefficient (Wildman–Crippen LogP) is 4.37. The van der Waals surface area contributed by atoms with Crippen LogP contribution in [0.5, 0.6) is 0 Å². The third-order valence-corrected chi connectivity index (χ3v) is 4.46. The number of para-hydroxylation sites is 1. The van der Waals surface area contributed by atoms with Gasteiger partial charge in [0.2, 0.25) is 5.78 Å². The molecule has 0 saturated carbocycles. The number of esters is 1. The zero-order valence-electron chi connectivity index (χ0n) is 13.4. The number of benzene rings is 1. The van der Waals surface area contributed by atoms with Crippen LogP contribution in [0.4, 0.5) is 0 Å². The van der Waals surface area contributed by atoms with Crippen molar-refractivity contribution in [3.05, 3.63) is 64.0 Å². The number of hydrogen-bond acceptors (Lipinski definition) is 4. The number of ether oxygens (including phenoxy) is 1. The first-order valence-electron chi connectivity index (χ1n) is 7.58. The molecule has 2 heterocycles. The van der Waals surface area contributed by atoms with Crippen molar-refractivity contribution in [2.24, 2.45) is 0 Å². The number of Topliss-reactive ketones (excluding diaryl/α,β-unsaturated/α-hetero) is 1. The largest absolute Gasteiger partial charge is 0.451 e. The molecular weight excluding hydrogens is 322 g/mol. The third kappa shape index (κ3) is 3.31. The quantitative estimate of drug-likeness (QED) is 0.427. The van der Waals surface area contributed by atoms with E-state index in [0.717, 1.165) is 22.2 Å². The second kappa shape index (κ2) is 6.84. The molecule has 5 heteroatoms. The lowest BCUT2D eigenvalue weighted by Gasteiger charge is -2.11. The maximum atomic E-state index is 12.7. The van der Waals surface area contributed by atoms with Gasteiger partial charge >= 0.3 is 5.97 Å². The number of H-pyrrole nitrogens is 1. The molecule has 0 amide bonds. The van der Waals surface area contributed by atoms with E-state index in [1.165, 1.54) is 6.08 Å². The minimum atomic E-state index is -0.845. The topological polar surface area (TPSA) is 59.2 Å². The molecule has 0 aliphatic carbocycles. The maximum Gasteiger partial charge on any atom is 0.331 e. The Bertz CT molecular complexity index is 906. The Morgan fingerprint density at radius 2 is 2.04 bits per heavy atom. The van der Waals surface area contributed by atoms with Gasteiger partial charge in [0.1, 0.15) is 0 Å². The summed E-state index contributed by atoms with van der Waals surface area (Å²) in [5.41, 5.74) is 3.18. The standard InChI is InChI=1S/C19H17NO3S/c1-12-18(15-5-3-4-6-16(15)20-12)19(22)13(2)23-17(21)8-7-14-9-10-24-11-14/h3-11,13,20H,1-2H3/b8-7+/t13-/m0/s1. The fourth-order valence-electron chi connectivity index (χ4n) is 2.60. The van der Waals surface area contributed by atoms with Crippen molar-refractivity contribution in [3.8, 4) is 0 Å². The molecule has 2 aromatic heterocycles. The number of hydrogen-bond donors (Lipinski definition) is 1. The van der Waals surface area contributed by atoms with Gasteiger partial charge in [-0.1, -0.05) is 18.2 Å². The highest BCUT2D eigenvalue weighted by atomic mass is 32.1. The Kier molecular flexibility index (Phi) is 4.62. The summed E-state index contributed by atoms with van der Waals surface area (Å²) in [5.74, 6) is -0.734. The van der Waals surface area contributed by atoms with E-state index >= 15 is 0 Å². The first-order valence-corrected chi connectivity index (χ1v) is 8.53. The maximum absolute atomic E-state index is 12.7. The molecule has 122 valence electrons. The number of carbonyl (C=O) groups is 2. The second-order valence-corrected chi connectivity index (χ2v) is 6.28. The number of nitrogens with one attached hydrogen (secondary N) is 1. The molecule has 1 aromatic carbocycles. The Morgan fingerprint density at radius 1 is 1.25 bits per heavy atom. The average molecular weight is 339 g/mol. The first kappa shape index (κ1) is 16.2. The number of aromatic nitrogens is 1. The van der Waals surface area contributed by atoms with Crippen LogP contribution in [0.15, 0.2) is 47.2 Å². The van der Waals surface area contributed by atoms with Crippen LogP contribution >= 0.6 is 11.3 Å². The lowest BCUT2D eigenvalue weighted by molar-refractivity contribution is -0.140. The van der Waals surface area contributed by atoms with Gasteiger partial charge in [-0.05, 0) is 48.4 Å². The van der Waals surface area contributed by atoms with E-state index in [1.807, 2.05) is 48.0 Å². The zero-order valence-corrected chi connectivity index (χ0v) is 14.2. The third-order valence-electron chi connectivity index (χ3n) is 3.76. The Balaban J connectivity index is 1.74. The summed E-state index contributed by atoms with van der Waals surface area (Å²) in [6.07, 6.45) is 2.17. The minimum Gasteiger partial charge on any atom is -0.451 e. The van der Waals surface area contributed by atoms with E-state index in [4.69, 9.17) is 4.74 Å². The van der Waals surface area contributed by atoms with Gasteiger partial charge in [0.15, 0.2) is 6.10 Å². The average Bonchev–Trinajstić information content (AvgIpc) is 3.18. The summed E-state index contributed by atoms with van der Waals surface area (Å²) in [7, 11) is 0. The summed E-state index contributed by atoms with van der Waals surface area (Å²) >= 11 is 1.55. The molecule has 0 unspecified atom stereocenters. The van der Waals surface area contributed by atoms with Crippen LogP contribution < -0.4 is 0 Å². The van der Waals surface area contributed by atoms with E-state index in [1.54, 1.807) is 24.3 Å². The number of rotatable bonds is 5. The summed E-state index contributed by atoms with van der Waals surface area (Å²) in [5, 5.41) is 4.70. The van der Waals surface area contributed by atoms with E-state index < -0.39 is 12.1 Å². The van der Waals surface area contributed by atoms with Crippen molar-refractivity contribution in [1.82, 2.24) is 4.98 Å². The lowest BCUT2D eigenvalue weighted by atomic mass is 10.0. The summed E-state index contributed by atoms with van der Waals surface area (Å²) < 4.78 is 5.25. The van der Waals surface area contributed by atoms with Crippen LogP contribution in [0.2, 0.25) is 0 Å². The van der Waals surface area contributed by atoms with Crippen molar-refractivity contribution in [2.45, 2.75) is 20.0 Å². The summed E-state index contributed by atoms with van der Waals surface area (Å²) in [4.78, 5) is 27.8. The van der Waals surface area contributed by atoms with Crippen LogP contribution in [0, 0.1) is 6.92 Å². The SMILES string of the molecule is Cc1[nH]c2ccccc2c1C(=O)[C@H](C)OC(=O)/C=C/c1ccsc1. The van der Waals surface area contributed by atoms with Crippen molar-refractivity contribution in [3.63, 3.8) is 0 Å². The van der Waals surface area contributed by atoms with Gasteiger partial charge in [-0.3, -0.25) is 4.79 Å². The van der Waals surface area contributed by atoms with Gasteiger partial charge in [-0.15, -0.1) is 0 Å². The number of thiophene rings is 1. The normalized spacial score (nSPS) is 12.6. The molecule has 24 heavy (non-hydrogen) atoms. The fourth-order valence-corrected chi connectivity index (χ4v) is 3.23. The highest BCUT2D eigenvalue weighted by Gasteiger charge is 2.23. The number of fused-ring (bicyclic) bond motifs is 1. The molecule has 0 aliphatic heterocycles. The van der Waals surface area contributed by atoms with Gasteiger partial charge in [0.25, 0.3) is 0 Å². The van der Waals surface area contributed by atoms with Crippen LogP contribution in [-0.2, 0) is 9.53 Å². The molecule has 1 N–H and O–H groups in total. The van der Waals surface area contributed by atoms with Gasteiger partial charge in [-0.2, -0.15) is 11.3 Å². The highest BCUT2D eigenvalue weighted by molar-refractivity contribution is 7.08. The second-order valence-electron chi connectivity index (χ2n) is 5.50. The molecule has 0 bridgehead atoms. The monoisotopic (exact) mass is 339 g/mol. The molecule has 3 rings (SSSR count). The van der Waals surface area contributed by atoms with Crippen molar-refractivity contribution >= 4 is 40.1 Å². The van der Waals surface area contributed by atoms with Crippen molar-refractivity contribution in [2.75, 3.05) is 0 Å². The lowest BCUT2D eigenvalue weighted by Crippen LogP contribution is -2.24. The molecule has 0 saturated heterocycles. The zero-order chi connectivity index (χ0) is 17.1. The van der Waals surface area contributed by atoms with Gasteiger partial charge in [0, 0.05) is 28.2 Å². The predicted molar refractivity (Wildman–Crippen MR) is 96.3 cm³/mol. The Labute approximate surface area is 143 Å². The summed E-state index contributed by atoms with van der Waals surface area (Å²) in [6.45, 7) is 3.44. The van der Waals surface area contributed by atoms with Crippen LogP contribution in [0.3, 0.4) is 0 Å². The smallest absolute Gasteiger partial charge is 0.331 e. The molecule has 0 fully saturated rings. The molecule has 0 radical (unpaired) electrons. The van der Waals surface area contributed by atoms with Gasteiger partial charge < -0.3 is 9.72 Å². The molecule has 4 nitrogen and oxygen atoms in total. The van der Waals surface area contributed by atoms with Crippen LogP contribution in [0.25, 0.3) is 17.0 Å². The highest BCUT2D eigenvalue weighted by Crippen LogP contribution is 2.23. The molecular formula is C19H17NO3S. The van der Waals surface area contributed by atoms with E-state index in [9.17, 15) is 9.59 Å². The van der Waals surface area contributed by atoms with Gasteiger partial charge in [-0.25, -0.2) is 4.79 Å². The number of aromatic amines is 1. The molecule has 0 aliphatic rings. The van der Waals surface area contributed by atoms with Gasteiger partial charge in [0.05, 0.1) is 0 Å². The molecule has 1 atom stereocenters. The summed E-state index contributed by atoms with van der Waals surface area (Å²) in [6, 6.07) is 9.49. The number of ketones is 1. The molecule has 0 spiro atoms. The Hall–Kier alpha value is -2.66. The molecule has 3 aromatic rings. The van der Waals surface area contributed by atoms with Crippen LogP contribution in [0.1, 0.15) is 28.5 Å². The van der Waals surface area contributed by atoms with E-state index in [-0.39, 0.29) is 5.78 Å². The van der Waals surface area contributed by atoms with Crippen molar-refractivity contribution < 1.29 is 14.3 Å². The first-order chi connectivity index (χ1) is 11.6. The van der Waals surface area contributed by atoms with Crippen LogP contribution in [-0.4, -0.2) is 22.8 Å². The number of carbonyl (C=O) groups excluding carboxylic acids is 2. The fraction of sp³-hybridized carbons (Fsp3) is 0.158. The number of aryl methyl sites for hydroxylation is 1. The Morgan fingerprint density at radius 3 is 2.79 bits per heavy atom. The van der Waals surface area contributed by atoms with E-state index in [2.05, 4.69) is 4.98 Å². The minimum absolute atomic E-state index is 0.206. The van der Waals surface area contributed by atoms with Crippen molar-refractivity contribution in [1.29, 1.82) is 0 Å². The van der Waals surface area contributed by atoms with E-state index in [0.29, 0.717) is 5.56 Å².